The summed E-state index contributed by atoms with van der Waals surface area (Å²) in [6, 6.07) is 15.3. The molecule has 0 unspecified atom stereocenters. The molecule has 33 heavy (non-hydrogen) atoms. The zero-order chi connectivity index (χ0) is 23.5. The molecule has 3 aliphatic rings. The molecule has 2 aromatic carbocycles. The van der Waals surface area contributed by atoms with Gasteiger partial charge in [0.1, 0.15) is 30.5 Å². The first-order valence-electron chi connectivity index (χ1n) is 9.89. The number of fused-ring (bicyclic) bond motifs is 3. The standard InChI is InChI=1S/C23H16ClN5O4/c24-12-5-7-13(8-6-12)29-17-11-33-21(31)19(17)23(15(9-25)20(29)27)14-3-1-2-4-16(14)28(22(23)32)10-18(26)30/h1-8H,10-11,27H2,(H2,26,30)/t23-/m0/s1. The largest absolute Gasteiger partial charge is 0.456 e. The average Bonchev–Trinajstić information content (AvgIpc) is 3.28. The molecule has 3 aliphatic heterocycles. The van der Waals surface area contributed by atoms with Crippen LogP contribution in [-0.4, -0.2) is 30.9 Å². The Labute approximate surface area is 193 Å². The number of nitrogens with two attached hydrogens (primary N) is 2. The van der Waals surface area contributed by atoms with Crippen LogP contribution in [0.2, 0.25) is 5.02 Å². The van der Waals surface area contributed by atoms with Crippen molar-refractivity contribution < 1.29 is 19.1 Å². The number of ether oxygens (including phenoxy) is 1. The van der Waals surface area contributed by atoms with Crippen molar-refractivity contribution in [1.29, 1.82) is 5.26 Å². The third-order valence-corrected chi connectivity index (χ3v) is 6.28. The lowest BCUT2D eigenvalue weighted by molar-refractivity contribution is -0.137. The van der Waals surface area contributed by atoms with Gasteiger partial charge in [0.25, 0.3) is 0 Å². The summed E-state index contributed by atoms with van der Waals surface area (Å²) in [5.41, 5.74) is 11.5. The molecule has 164 valence electrons. The van der Waals surface area contributed by atoms with Crippen molar-refractivity contribution in [2.45, 2.75) is 5.41 Å². The molecular weight excluding hydrogens is 446 g/mol. The number of nitrogens with zero attached hydrogens (tertiary/aromatic N) is 3. The minimum Gasteiger partial charge on any atom is -0.456 e. The Kier molecular flexibility index (Phi) is 4.44. The third kappa shape index (κ3) is 2.61. The summed E-state index contributed by atoms with van der Waals surface area (Å²) in [6.45, 7) is -0.571. The topological polar surface area (TPSA) is 143 Å². The highest BCUT2D eigenvalue weighted by Crippen LogP contribution is 2.56. The van der Waals surface area contributed by atoms with Gasteiger partial charge in [-0.25, -0.2) is 4.79 Å². The molecule has 0 saturated heterocycles. The van der Waals surface area contributed by atoms with Crippen LogP contribution in [0, 0.1) is 11.3 Å². The van der Waals surface area contributed by atoms with Crippen LogP contribution in [-0.2, 0) is 24.5 Å². The molecule has 3 heterocycles. The molecule has 0 aromatic heterocycles. The monoisotopic (exact) mass is 461 g/mol. The Morgan fingerprint density at radius 1 is 1.18 bits per heavy atom. The summed E-state index contributed by atoms with van der Waals surface area (Å²) < 4.78 is 5.35. The van der Waals surface area contributed by atoms with Crippen molar-refractivity contribution in [3.8, 4) is 6.07 Å². The van der Waals surface area contributed by atoms with E-state index >= 15 is 0 Å². The van der Waals surface area contributed by atoms with E-state index in [2.05, 4.69) is 6.07 Å². The number of primary amides is 1. The summed E-state index contributed by atoms with van der Waals surface area (Å²) >= 11 is 6.02. The van der Waals surface area contributed by atoms with Gasteiger partial charge in [-0.05, 0) is 30.3 Å². The first-order valence-corrected chi connectivity index (χ1v) is 10.3. The van der Waals surface area contributed by atoms with E-state index in [1.54, 1.807) is 48.5 Å². The fourth-order valence-corrected chi connectivity index (χ4v) is 4.92. The first kappa shape index (κ1) is 20.6. The molecule has 4 N–H and O–H groups in total. The van der Waals surface area contributed by atoms with Gasteiger partial charge in [-0.1, -0.05) is 29.8 Å². The fourth-order valence-electron chi connectivity index (χ4n) is 4.79. The van der Waals surface area contributed by atoms with E-state index in [9.17, 15) is 19.6 Å². The summed E-state index contributed by atoms with van der Waals surface area (Å²) in [4.78, 5) is 41.5. The Morgan fingerprint density at radius 3 is 2.55 bits per heavy atom. The van der Waals surface area contributed by atoms with E-state index in [4.69, 9.17) is 27.8 Å². The maximum Gasteiger partial charge on any atom is 0.338 e. The van der Waals surface area contributed by atoms with E-state index < -0.39 is 29.7 Å². The van der Waals surface area contributed by atoms with Crippen LogP contribution in [0.4, 0.5) is 11.4 Å². The maximum atomic E-state index is 14.0. The van der Waals surface area contributed by atoms with E-state index in [1.807, 2.05) is 0 Å². The van der Waals surface area contributed by atoms with Gasteiger partial charge in [0, 0.05) is 22.0 Å². The highest BCUT2D eigenvalue weighted by atomic mass is 35.5. The smallest absolute Gasteiger partial charge is 0.338 e. The number of anilines is 2. The van der Waals surface area contributed by atoms with Crippen LogP contribution >= 0.6 is 11.6 Å². The number of nitriles is 1. The van der Waals surface area contributed by atoms with Crippen molar-refractivity contribution in [2.24, 2.45) is 11.5 Å². The lowest BCUT2D eigenvalue weighted by Gasteiger charge is -2.38. The molecule has 0 radical (unpaired) electrons. The van der Waals surface area contributed by atoms with Crippen molar-refractivity contribution in [3.05, 3.63) is 81.8 Å². The van der Waals surface area contributed by atoms with Gasteiger partial charge in [-0.3, -0.25) is 14.5 Å². The molecule has 9 nitrogen and oxygen atoms in total. The van der Waals surface area contributed by atoms with Gasteiger partial charge in [-0.15, -0.1) is 0 Å². The second kappa shape index (κ2) is 7.12. The van der Waals surface area contributed by atoms with Gasteiger partial charge in [-0.2, -0.15) is 5.26 Å². The zero-order valence-corrected chi connectivity index (χ0v) is 17.8. The van der Waals surface area contributed by atoms with Gasteiger partial charge in [0.15, 0.2) is 0 Å². The molecule has 0 saturated carbocycles. The van der Waals surface area contributed by atoms with Crippen molar-refractivity contribution in [1.82, 2.24) is 0 Å². The van der Waals surface area contributed by atoms with Crippen LogP contribution in [0.3, 0.4) is 0 Å². The molecule has 0 fully saturated rings. The molecule has 5 rings (SSSR count). The van der Waals surface area contributed by atoms with Crippen molar-refractivity contribution in [2.75, 3.05) is 23.0 Å². The van der Waals surface area contributed by atoms with Crippen LogP contribution in [0.5, 0.6) is 0 Å². The van der Waals surface area contributed by atoms with Gasteiger partial charge >= 0.3 is 5.97 Å². The number of hydrogen-bond donors (Lipinski definition) is 2. The normalized spacial score (nSPS) is 21.3. The number of cyclic esters (lactones) is 1. The summed E-state index contributed by atoms with van der Waals surface area (Å²) in [5, 5.41) is 10.7. The number of carbonyl (C=O) groups is 3. The summed E-state index contributed by atoms with van der Waals surface area (Å²) in [6.07, 6.45) is 0. The van der Waals surface area contributed by atoms with E-state index in [0.717, 1.165) is 0 Å². The fraction of sp³-hybridized carbons (Fsp3) is 0.130. The third-order valence-electron chi connectivity index (χ3n) is 6.03. The Hall–Kier alpha value is -4.29. The number of rotatable bonds is 3. The Morgan fingerprint density at radius 2 is 1.88 bits per heavy atom. The number of hydrogen-bond acceptors (Lipinski definition) is 7. The predicted molar refractivity (Wildman–Crippen MR) is 118 cm³/mol. The number of esters is 1. The molecule has 0 bridgehead atoms. The minimum atomic E-state index is -1.85. The Bertz CT molecular complexity index is 1360. The number of para-hydroxylation sites is 1. The van der Waals surface area contributed by atoms with Crippen LogP contribution in [0.25, 0.3) is 0 Å². The van der Waals surface area contributed by atoms with Crippen LogP contribution < -0.4 is 21.3 Å². The molecule has 2 aromatic rings. The number of benzene rings is 2. The number of halogens is 1. The van der Waals surface area contributed by atoms with Crippen LogP contribution in [0.15, 0.2) is 71.2 Å². The highest BCUT2D eigenvalue weighted by Gasteiger charge is 2.64. The van der Waals surface area contributed by atoms with Crippen LogP contribution in [0.1, 0.15) is 5.56 Å². The second-order valence-electron chi connectivity index (χ2n) is 7.71. The molecular formula is C23H16ClN5O4. The number of amides is 2. The summed E-state index contributed by atoms with van der Waals surface area (Å²) in [7, 11) is 0. The lowest BCUT2D eigenvalue weighted by atomic mass is 9.67. The SMILES string of the molecule is N#CC1=C(N)N(c2ccc(Cl)cc2)C2=C(C(=O)OC2)[C@@]12C(=O)N(CC(N)=O)c1ccccc12. The van der Waals surface area contributed by atoms with Gasteiger partial charge in [0.2, 0.25) is 11.8 Å². The van der Waals surface area contributed by atoms with Gasteiger partial charge < -0.3 is 21.1 Å². The number of carbonyl (C=O) groups excluding carboxylic acids is 3. The first-order chi connectivity index (χ1) is 15.8. The van der Waals surface area contributed by atoms with Crippen molar-refractivity contribution >= 4 is 40.8 Å². The lowest BCUT2D eigenvalue weighted by Crippen LogP contribution is -2.51. The predicted octanol–water partition coefficient (Wildman–Crippen LogP) is 1.43. The minimum absolute atomic E-state index is 0.00683. The van der Waals surface area contributed by atoms with E-state index in [-0.39, 0.29) is 23.6 Å². The average molecular weight is 462 g/mol. The summed E-state index contributed by atoms with van der Waals surface area (Å²) in [5.74, 6) is -2.18. The van der Waals surface area contributed by atoms with E-state index in [0.29, 0.717) is 27.7 Å². The molecule has 10 heteroatoms. The highest BCUT2D eigenvalue weighted by molar-refractivity contribution is 6.30. The zero-order valence-electron chi connectivity index (χ0n) is 17.0. The van der Waals surface area contributed by atoms with E-state index in [1.165, 1.54) is 9.80 Å². The second-order valence-corrected chi connectivity index (χ2v) is 8.14. The maximum absolute atomic E-state index is 14.0. The van der Waals surface area contributed by atoms with Crippen molar-refractivity contribution in [3.63, 3.8) is 0 Å². The Balaban J connectivity index is 1.84. The molecule has 0 aliphatic carbocycles. The molecule has 2 amide bonds. The quantitative estimate of drug-likeness (QED) is 0.658. The molecule has 1 spiro atoms. The molecule has 1 atom stereocenters. The van der Waals surface area contributed by atoms with Gasteiger partial charge in [0.05, 0.1) is 16.8 Å².